The monoisotopic (exact) mass is 419 g/mol. The Labute approximate surface area is 159 Å². The Morgan fingerprint density at radius 2 is 1.57 bits per heavy atom. The van der Waals surface area contributed by atoms with Gasteiger partial charge in [-0.1, -0.05) is 23.5 Å². The first kappa shape index (κ1) is 20.0. The van der Waals surface area contributed by atoms with Crippen molar-refractivity contribution >= 4 is 11.3 Å². The molecule has 1 aromatic carbocycles. The SMILES string of the molecule is Cc1c(F)c(OCc2ccc(F)cc2)nc(Oc2ccc(C(F)(F)F)s2)c1F. The van der Waals surface area contributed by atoms with Crippen molar-refractivity contribution in [1.82, 2.24) is 4.98 Å². The van der Waals surface area contributed by atoms with Crippen LogP contribution in [0.15, 0.2) is 36.4 Å². The minimum Gasteiger partial charge on any atom is -0.471 e. The topological polar surface area (TPSA) is 31.4 Å². The third kappa shape index (κ3) is 4.38. The molecule has 2 aromatic heterocycles. The molecule has 28 heavy (non-hydrogen) atoms. The van der Waals surface area contributed by atoms with Gasteiger partial charge in [0.25, 0.3) is 11.8 Å². The fourth-order valence-electron chi connectivity index (χ4n) is 2.13. The van der Waals surface area contributed by atoms with Crippen LogP contribution in [-0.2, 0) is 12.8 Å². The van der Waals surface area contributed by atoms with Gasteiger partial charge in [-0.05, 0) is 36.8 Å². The number of hydrogen-bond donors (Lipinski definition) is 0. The van der Waals surface area contributed by atoms with Gasteiger partial charge in [0.2, 0.25) is 0 Å². The number of thiophene rings is 1. The predicted molar refractivity (Wildman–Crippen MR) is 89.0 cm³/mol. The molecule has 0 atom stereocenters. The smallest absolute Gasteiger partial charge is 0.425 e. The van der Waals surface area contributed by atoms with Crippen molar-refractivity contribution in [3.63, 3.8) is 0 Å². The molecule has 3 nitrogen and oxygen atoms in total. The molecule has 0 unspecified atom stereocenters. The summed E-state index contributed by atoms with van der Waals surface area (Å²) >= 11 is 0.247. The molecule has 0 fully saturated rings. The highest BCUT2D eigenvalue weighted by atomic mass is 32.1. The van der Waals surface area contributed by atoms with Crippen LogP contribution in [0.1, 0.15) is 16.0 Å². The fraction of sp³-hybridized carbons (Fsp3) is 0.167. The van der Waals surface area contributed by atoms with E-state index in [9.17, 15) is 26.3 Å². The van der Waals surface area contributed by atoms with Crippen LogP contribution in [0.3, 0.4) is 0 Å². The van der Waals surface area contributed by atoms with Crippen molar-refractivity contribution in [3.05, 3.63) is 69.9 Å². The number of nitrogens with zero attached hydrogens (tertiary/aromatic N) is 1. The Morgan fingerprint density at radius 1 is 0.929 bits per heavy atom. The van der Waals surface area contributed by atoms with Crippen LogP contribution in [0.4, 0.5) is 26.3 Å². The molecule has 148 valence electrons. The lowest BCUT2D eigenvalue weighted by molar-refractivity contribution is -0.134. The van der Waals surface area contributed by atoms with E-state index in [4.69, 9.17) is 9.47 Å². The van der Waals surface area contributed by atoms with Crippen LogP contribution in [0, 0.1) is 24.4 Å². The number of benzene rings is 1. The van der Waals surface area contributed by atoms with E-state index in [-0.39, 0.29) is 23.0 Å². The van der Waals surface area contributed by atoms with Crippen molar-refractivity contribution in [3.8, 4) is 16.8 Å². The summed E-state index contributed by atoms with van der Waals surface area (Å²) in [6, 6.07) is 6.97. The molecule has 0 saturated heterocycles. The Hall–Kier alpha value is -2.75. The second-order valence-corrected chi connectivity index (χ2v) is 6.66. The van der Waals surface area contributed by atoms with Gasteiger partial charge in [0.05, 0.1) is 0 Å². The standard InChI is InChI=1S/C18H11F6NO2S/c1-9-14(20)16(26-8-10-2-4-11(19)5-3-10)25-17(15(9)21)27-13-7-6-12(28-13)18(22,23)24/h2-7H,8H2,1H3. The van der Waals surface area contributed by atoms with Gasteiger partial charge in [-0.15, -0.1) is 0 Å². The highest BCUT2D eigenvalue weighted by Crippen LogP contribution is 2.40. The van der Waals surface area contributed by atoms with Crippen LogP contribution >= 0.6 is 11.3 Å². The van der Waals surface area contributed by atoms with Crippen LogP contribution in [0.2, 0.25) is 0 Å². The number of pyridine rings is 1. The van der Waals surface area contributed by atoms with E-state index in [1.54, 1.807) is 0 Å². The third-order valence-corrected chi connectivity index (χ3v) is 4.59. The number of ether oxygens (including phenoxy) is 2. The molecule has 0 saturated carbocycles. The summed E-state index contributed by atoms with van der Waals surface area (Å²) in [5, 5.41) is -0.269. The zero-order chi connectivity index (χ0) is 20.5. The molecule has 0 radical (unpaired) electrons. The molecule has 0 aliphatic carbocycles. The summed E-state index contributed by atoms with van der Waals surface area (Å²) in [5.41, 5.74) is 0.0341. The van der Waals surface area contributed by atoms with Gasteiger partial charge < -0.3 is 9.47 Å². The first-order valence-electron chi connectivity index (χ1n) is 7.73. The maximum atomic E-state index is 14.2. The Kier molecular flexibility index (Phi) is 5.50. The molecular formula is C18H11F6NO2S. The fourth-order valence-corrected chi connectivity index (χ4v) is 2.85. The Balaban J connectivity index is 1.83. The molecule has 0 aliphatic rings. The largest absolute Gasteiger partial charge is 0.471 e. The van der Waals surface area contributed by atoms with Crippen LogP contribution in [0.5, 0.6) is 16.8 Å². The minimum atomic E-state index is -4.57. The summed E-state index contributed by atoms with van der Waals surface area (Å²) in [6.45, 7) is 0.922. The van der Waals surface area contributed by atoms with Crippen LogP contribution < -0.4 is 9.47 Å². The summed E-state index contributed by atoms with van der Waals surface area (Å²) < 4.78 is 89.6. The van der Waals surface area contributed by atoms with Crippen molar-refractivity contribution in [1.29, 1.82) is 0 Å². The lowest BCUT2D eigenvalue weighted by Crippen LogP contribution is -2.05. The van der Waals surface area contributed by atoms with E-state index in [2.05, 4.69) is 4.98 Å². The normalized spacial score (nSPS) is 11.5. The highest BCUT2D eigenvalue weighted by molar-refractivity contribution is 7.13. The molecule has 3 rings (SSSR count). The van der Waals surface area contributed by atoms with E-state index in [1.807, 2.05) is 0 Å². The first-order valence-corrected chi connectivity index (χ1v) is 8.54. The van der Waals surface area contributed by atoms with Crippen molar-refractivity contribution < 1.29 is 35.8 Å². The van der Waals surface area contributed by atoms with E-state index < -0.39 is 45.8 Å². The summed E-state index contributed by atoms with van der Waals surface area (Å²) in [5.74, 6) is -4.01. The first-order chi connectivity index (χ1) is 13.1. The minimum absolute atomic E-state index is 0.189. The van der Waals surface area contributed by atoms with Gasteiger partial charge in [-0.25, -0.2) is 13.2 Å². The zero-order valence-corrected chi connectivity index (χ0v) is 14.9. The maximum absolute atomic E-state index is 14.2. The second kappa shape index (κ2) is 7.70. The number of hydrogen-bond acceptors (Lipinski definition) is 4. The van der Waals surface area contributed by atoms with E-state index in [1.165, 1.54) is 24.3 Å². The van der Waals surface area contributed by atoms with Crippen LogP contribution in [-0.4, -0.2) is 4.98 Å². The molecule has 3 aromatic rings. The molecule has 10 heteroatoms. The summed E-state index contributed by atoms with van der Waals surface area (Å²) in [4.78, 5) is 2.65. The average Bonchev–Trinajstić information content (AvgIpc) is 3.11. The van der Waals surface area contributed by atoms with Crippen molar-refractivity contribution in [2.24, 2.45) is 0 Å². The van der Waals surface area contributed by atoms with E-state index in [0.717, 1.165) is 19.1 Å². The lowest BCUT2D eigenvalue weighted by atomic mass is 10.2. The quantitative estimate of drug-likeness (QED) is 0.458. The van der Waals surface area contributed by atoms with E-state index >= 15 is 0 Å². The van der Waals surface area contributed by atoms with Gasteiger partial charge in [-0.3, -0.25) is 0 Å². The number of rotatable bonds is 5. The average molecular weight is 419 g/mol. The van der Waals surface area contributed by atoms with Gasteiger partial charge >= 0.3 is 6.18 Å². The molecule has 0 spiro atoms. The number of aromatic nitrogens is 1. The van der Waals surface area contributed by atoms with Crippen LogP contribution in [0.25, 0.3) is 0 Å². The molecule has 0 N–H and O–H groups in total. The third-order valence-electron chi connectivity index (χ3n) is 3.58. The molecule has 0 bridgehead atoms. The maximum Gasteiger partial charge on any atom is 0.425 e. The van der Waals surface area contributed by atoms with Gasteiger partial charge in [-0.2, -0.15) is 18.2 Å². The Bertz CT molecular complexity index is 985. The molecule has 0 amide bonds. The molecule has 0 aliphatic heterocycles. The number of alkyl halides is 3. The second-order valence-electron chi connectivity index (χ2n) is 5.61. The highest BCUT2D eigenvalue weighted by Gasteiger charge is 2.33. The van der Waals surface area contributed by atoms with Gasteiger partial charge in [0.15, 0.2) is 16.7 Å². The summed E-state index contributed by atoms with van der Waals surface area (Å²) in [7, 11) is 0. The van der Waals surface area contributed by atoms with Crippen molar-refractivity contribution in [2.75, 3.05) is 0 Å². The summed E-state index contributed by atoms with van der Waals surface area (Å²) in [6.07, 6.45) is -4.57. The zero-order valence-electron chi connectivity index (χ0n) is 14.1. The molecular weight excluding hydrogens is 408 g/mol. The van der Waals surface area contributed by atoms with Crippen molar-refractivity contribution in [2.45, 2.75) is 19.7 Å². The number of halogens is 6. The van der Waals surface area contributed by atoms with E-state index in [0.29, 0.717) is 5.56 Å². The molecule has 2 heterocycles. The van der Waals surface area contributed by atoms with Gasteiger partial charge in [0, 0.05) is 5.56 Å². The van der Waals surface area contributed by atoms with Gasteiger partial charge in [0.1, 0.15) is 17.3 Å². The lowest BCUT2D eigenvalue weighted by Gasteiger charge is -2.12. The predicted octanol–water partition coefficient (Wildman–Crippen LogP) is 6.26. The Morgan fingerprint density at radius 3 is 2.18 bits per heavy atom.